The van der Waals surface area contributed by atoms with E-state index in [9.17, 15) is 9.59 Å². The first-order valence-electron chi connectivity index (χ1n) is 6.44. The van der Waals surface area contributed by atoms with Crippen LogP contribution in [0.5, 0.6) is 0 Å². The largest absolute Gasteiger partial charge is 0.479 e. The van der Waals surface area contributed by atoms with E-state index in [0.29, 0.717) is 25.8 Å². The number of hydrogen-bond acceptors (Lipinski definition) is 3. The van der Waals surface area contributed by atoms with Gasteiger partial charge in [-0.3, -0.25) is 4.79 Å². The van der Waals surface area contributed by atoms with E-state index in [2.05, 4.69) is 21.2 Å². The zero-order valence-corrected chi connectivity index (χ0v) is 12.4. The fraction of sp³-hybridized carbons (Fsp3) is 0.429. The van der Waals surface area contributed by atoms with Crippen molar-refractivity contribution < 1.29 is 19.4 Å². The summed E-state index contributed by atoms with van der Waals surface area (Å²) in [6.45, 7) is 0.360. The summed E-state index contributed by atoms with van der Waals surface area (Å²) >= 11 is 3.34. The standard InChI is InChI=1S/C14H16BrNO4/c15-10-3-1-9(2-4-10)7-13(17)16-8-11-5-6-12(20-11)14(18)19/h1-4,11-12H,5-8H2,(H,16,17)(H,18,19). The van der Waals surface area contributed by atoms with Gasteiger partial charge in [0.15, 0.2) is 6.10 Å². The molecular formula is C14H16BrNO4. The monoisotopic (exact) mass is 341 g/mol. The Morgan fingerprint density at radius 3 is 2.60 bits per heavy atom. The number of amides is 1. The Hall–Kier alpha value is -1.40. The molecule has 1 amide bonds. The van der Waals surface area contributed by atoms with Crippen molar-refractivity contribution in [3.05, 3.63) is 34.3 Å². The van der Waals surface area contributed by atoms with Crippen molar-refractivity contribution in [2.75, 3.05) is 6.54 Å². The van der Waals surface area contributed by atoms with Gasteiger partial charge in [0.2, 0.25) is 5.91 Å². The van der Waals surface area contributed by atoms with Gasteiger partial charge in [0.05, 0.1) is 12.5 Å². The first-order chi connectivity index (χ1) is 9.54. The van der Waals surface area contributed by atoms with Gasteiger partial charge in [0.25, 0.3) is 0 Å². The lowest BCUT2D eigenvalue weighted by Gasteiger charge is -2.12. The number of carboxylic acids is 1. The van der Waals surface area contributed by atoms with E-state index >= 15 is 0 Å². The number of benzene rings is 1. The topological polar surface area (TPSA) is 75.6 Å². The molecule has 2 unspecified atom stereocenters. The average molecular weight is 342 g/mol. The van der Waals surface area contributed by atoms with Gasteiger partial charge in [-0.25, -0.2) is 4.79 Å². The zero-order valence-electron chi connectivity index (χ0n) is 10.8. The molecule has 0 radical (unpaired) electrons. The maximum Gasteiger partial charge on any atom is 0.332 e. The number of carboxylic acid groups (broad SMARTS) is 1. The van der Waals surface area contributed by atoms with Crippen LogP contribution in [-0.4, -0.2) is 35.7 Å². The van der Waals surface area contributed by atoms with E-state index in [1.165, 1.54) is 0 Å². The zero-order chi connectivity index (χ0) is 14.5. The molecule has 0 saturated carbocycles. The second-order valence-electron chi connectivity index (χ2n) is 4.77. The summed E-state index contributed by atoms with van der Waals surface area (Å²) in [4.78, 5) is 22.5. The summed E-state index contributed by atoms with van der Waals surface area (Å²) in [7, 11) is 0. The maximum absolute atomic E-state index is 11.8. The molecule has 0 spiro atoms. The first-order valence-corrected chi connectivity index (χ1v) is 7.23. The fourth-order valence-corrected chi connectivity index (χ4v) is 2.38. The molecule has 20 heavy (non-hydrogen) atoms. The van der Waals surface area contributed by atoms with E-state index in [1.807, 2.05) is 24.3 Å². The van der Waals surface area contributed by atoms with Crippen LogP contribution in [0.3, 0.4) is 0 Å². The number of carbonyl (C=O) groups excluding carboxylic acids is 1. The van der Waals surface area contributed by atoms with Gasteiger partial charge in [0, 0.05) is 11.0 Å². The predicted octanol–water partition coefficient (Wildman–Crippen LogP) is 1.74. The van der Waals surface area contributed by atoms with Crippen molar-refractivity contribution in [1.29, 1.82) is 0 Å². The minimum atomic E-state index is -0.936. The minimum absolute atomic E-state index is 0.0882. The first kappa shape index (κ1) is 15.0. The summed E-state index contributed by atoms with van der Waals surface area (Å²) in [6.07, 6.45) is 0.536. The maximum atomic E-state index is 11.8. The number of hydrogen-bond donors (Lipinski definition) is 2. The normalized spacial score (nSPS) is 21.6. The summed E-state index contributed by atoms with van der Waals surface area (Å²) in [6, 6.07) is 7.55. The molecule has 6 heteroatoms. The number of nitrogens with one attached hydrogen (secondary N) is 1. The molecule has 2 N–H and O–H groups in total. The molecule has 1 heterocycles. The van der Waals surface area contributed by atoms with E-state index in [4.69, 9.17) is 9.84 Å². The number of halogens is 1. The Kier molecular flexibility index (Phi) is 5.14. The molecule has 1 fully saturated rings. The van der Waals surface area contributed by atoms with Gasteiger partial charge in [0.1, 0.15) is 0 Å². The second-order valence-corrected chi connectivity index (χ2v) is 5.69. The van der Waals surface area contributed by atoms with Gasteiger partial charge in [-0.05, 0) is 30.5 Å². The van der Waals surface area contributed by atoms with Gasteiger partial charge in [-0.15, -0.1) is 0 Å². The summed E-state index contributed by atoms with van der Waals surface area (Å²) in [5, 5.41) is 11.6. The van der Waals surface area contributed by atoms with E-state index in [0.717, 1.165) is 10.0 Å². The molecule has 1 aliphatic rings. The lowest BCUT2D eigenvalue weighted by atomic mass is 10.1. The van der Waals surface area contributed by atoms with E-state index < -0.39 is 12.1 Å². The fourth-order valence-electron chi connectivity index (χ4n) is 2.12. The summed E-state index contributed by atoms with van der Waals surface area (Å²) in [5.41, 5.74) is 0.932. The molecule has 0 aliphatic carbocycles. The van der Waals surface area contributed by atoms with Crippen LogP contribution in [0.15, 0.2) is 28.7 Å². The van der Waals surface area contributed by atoms with Crippen LogP contribution >= 0.6 is 15.9 Å². The van der Waals surface area contributed by atoms with Gasteiger partial charge in [-0.1, -0.05) is 28.1 Å². The number of ether oxygens (including phenoxy) is 1. The van der Waals surface area contributed by atoms with Gasteiger partial charge < -0.3 is 15.2 Å². The number of aliphatic carboxylic acids is 1. The highest BCUT2D eigenvalue weighted by atomic mass is 79.9. The minimum Gasteiger partial charge on any atom is -0.479 e. The van der Waals surface area contributed by atoms with Crippen LogP contribution in [0.1, 0.15) is 18.4 Å². The number of rotatable bonds is 5. The molecule has 1 saturated heterocycles. The third-order valence-corrected chi connectivity index (χ3v) is 3.72. The van der Waals surface area contributed by atoms with Gasteiger partial charge >= 0.3 is 5.97 Å². The molecule has 1 aromatic carbocycles. The lowest BCUT2D eigenvalue weighted by molar-refractivity contribution is -0.149. The van der Waals surface area contributed by atoms with Crippen LogP contribution in [0.4, 0.5) is 0 Å². The quantitative estimate of drug-likeness (QED) is 0.855. The Bertz CT molecular complexity index is 488. The van der Waals surface area contributed by atoms with Crippen LogP contribution < -0.4 is 5.32 Å². The molecule has 108 valence electrons. The van der Waals surface area contributed by atoms with Crippen LogP contribution in [0, 0.1) is 0 Å². The Labute approximate surface area is 125 Å². The number of carbonyl (C=O) groups is 2. The SMILES string of the molecule is O=C(Cc1ccc(Br)cc1)NCC1CCC(C(=O)O)O1. The van der Waals surface area contributed by atoms with Crippen LogP contribution in [-0.2, 0) is 20.7 Å². The molecule has 0 aromatic heterocycles. The average Bonchev–Trinajstić information content (AvgIpc) is 2.88. The molecule has 2 atom stereocenters. The van der Waals surface area contributed by atoms with Crippen molar-refractivity contribution >= 4 is 27.8 Å². The summed E-state index contributed by atoms with van der Waals surface area (Å²) in [5.74, 6) is -1.02. The highest BCUT2D eigenvalue weighted by Gasteiger charge is 2.30. The Balaban J connectivity index is 1.73. The van der Waals surface area contributed by atoms with Crippen LogP contribution in [0.2, 0.25) is 0 Å². The van der Waals surface area contributed by atoms with E-state index in [1.54, 1.807) is 0 Å². The molecule has 2 rings (SSSR count). The molecule has 1 aromatic rings. The lowest BCUT2D eigenvalue weighted by Crippen LogP contribution is -2.34. The highest BCUT2D eigenvalue weighted by molar-refractivity contribution is 9.10. The van der Waals surface area contributed by atoms with Crippen molar-refractivity contribution in [1.82, 2.24) is 5.32 Å². The molecule has 1 aliphatic heterocycles. The third-order valence-electron chi connectivity index (χ3n) is 3.19. The second kappa shape index (κ2) is 6.85. The van der Waals surface area contributed by atoms with Gasteiger partial charge in [-0.2, -0.15) is 0 Å². The van der Waals surface area contributed by atoms with Crippen molar-refractivity contribution in [3.63, 3.8) is 0 Å². The molecule has 5 nitrogen and oxygen atoms in total. The van der Waals surface area contributed by atoms with Crippen molar-refractivity contribution in [2.24, 2.45) is 0 Å². The summed E-state index contributed by atoms with van der Waals surface area (Å²) < 4.78 is 6.29. The molecular weight excluding hydrogens is 326 g/mol. The van der Waals surface area contributed by atoms with E-state index in [-0.39, 0.29) is 12.0 Å². The van der Waals surface area contributed by atoms with Crippen LogP contribution in [0.25, 0.3) is 0 Å². The predicted molar refractivity (Wildman–Crippen MR) is 76.4 cm³/mol. The van der Waals surface area contributed by atoms with Crippen molar-refractivity contribution in [3.8, 4) is 0 Å². The third kappa shape index (κ3) is 4.31. The smallest absolute Gasteiger partial charge is 0.332 e. The Morgan fingerprint density at radius 1 is 1.30 bits per heavy atom. The van der Waals surface area contributed by atoms with Crippen molar-refractivity contribution in [2.45, 2.75) is 31.5 Å². The Morgan fingerprint density at radius 2 is 2.00 bits per heavy atom. The molecule has 0 bridgehead atoms. The highest BCUT2D eigenvalue weighted by Crippen LogP contribution is 2.19.